The number of β-amino-alcohol motifs (C(OH)–C–C–N with tert-alkyl or cyclic N) is 1. The van der Waals surface area contributed by atoms with E-state index < -0.39 is 18.2 Å². The fraction of sp³-hybridized carbons (Fsp3) is 0.333. The molecular formula is C36H36N6O4S. The summed E-state index contributed by atoms with van der Waals surface area (Å²) in [7, 11) is 0. The number of carbonyl (C=O) groups is 3. The van der Waals surface area contributed by atoms with Gasteiger partial charge in [0, 0.05) is 37.8 Å². The number of nitrogens with zero attached hydrogens (tertiary/aromatic N) is 5. The van der Waals surface area contributed by atoms with E-state index in [2.05, 4.69) is 21.5 Å². The molecule has 4 aromatic rings. The molecule has 0 aliphatic carbocycles. The third-order valence-electron chi connectivity index (χ3n) is 9.35. The second-order valence-electron chi connectivity index (χ2n) is 12.7. The first-order chi connectivity index (χ1) is 22.8. The Balaban J connectivity index is 1.13. The van der Waals surface area contributed by atoms with Crippen molar-refractivity contribution in [2.24, 2.45) is 16.1 Å². The van der Waals surface area contributed by atoms with Crippen LogP contribution in [0.1, 0.15) is 52.9 Å². The minimum absolute atomic E-state index is 0.0294. The Labute approximate surface area is 277 Å². The van der Waals surface area contributed by atoms with Crippen molar-refractivity contribution in [2.75, 3.05) is 6.54 Å². The molecule has 0 unspecified atom stereocenters. The van der Waals surface area contributed by atoms with Crippen LogP contribution in [0.2, 0.25) is 0 Å². The van der Waals surface area contributed by atoms with Crippen molar-refractivity contribution in [1.29, 1.82) is 0 Å². The summed E-state index contributed by atoms with van der Waals surface area (Å²) in [5.41, 5.74) is 8.85. The van der Waals surface area contributed by atoms with Gasteiger partial charge in [0.05, 0.1) is 27.9 Å². The molecule has 0 radical (unpaired) electrons. The van der Waals surface area contributed by atoms with Crippen LogP contribution in [0.25, 0.3) is 10.4 Å². The molecule has 2 N–H and O–H groups in total. The minimum Gasteiger partial charge on any atom is -0.391 e. The number of benzene rings is 3. The summed E-state index contributed by atoms with van der Waals surface area (Å²) in [5.74, 6) is -1.08. The van der Waals surface area contributed by atoms with Gasteiger partial charge in [-0.25, -0.2) is 0 Å². The number of nitrogens with one attached hydrogen (secondary N) is 1. The Morgan fingerprint density at radius 1 is 1.00 bits per heavy atom. The van der Waals surface area contributed by atoms with Crippen molar-refractivity contribution in [3.8, 4) is 10.4 Å². The van der Waals surface area contributed by atoms with Gasteiger partial charge in [-0.1, -0.05) is 62.4 Å². The molecule has 1 fully saturated rings. The van der Waals surface area contributed by atoms with Crippen LogP contribution in [0, 0.1) is 5.92 Å². The van der Waals surface area contributed by atoms with Gasteiger partial charge in [0.2, 0.25) is 11.8 Å². The smallest absolute Gasteiger partial charge is 0.255 e. The van der Waals surface area contributed by atoms with E-state index in [0.29, 0.717) is 12.1 Å². The van der Waals surface area contributed by atoms with Crippen molar-refractivity contribution < 1.29 is 19.5 Å². The number of azo groups is 1. The number of rotatable bonds is 7. The summed E-state index contributed by atoms with van der Waals surface area (Å²) in [5, 5.41) is 23.0. The van der Waals surface area contributed by atoms with Crippen LogP contribution in [-0.4, -0.2) is 62.3 Å². The Kier molecular flexibility index (Phi) is 8.42. The first-order valence-corrected chi connectivity index (χ1v) is 16.9. The number of hydrogen-bond donors (Lipinski definition) is 2. The lowest BCUT2D eigenvalue weighted by atomic mass is 9.93. The second-order valence-corrected chi connectivity index (χ2v) is 13.6. The zero-order valence-corrected chi connectivity index (χ0v) is 27.1. The van der Waals surface area contributed by atoms with E-state index in [1.165, 1.54) is 4.90 Å². The van der Waals surface area contributed by atoms with E-state index in [9.17, 15) is 19.5 Å². The molecule has 4 heterocycles. The number of aryl methyl sites for hydroxylation is 1. The van der Waals surface area contributed by atoms with Crippen LogP contribution in [0.3, 0.4) is 0 Å². The predicted molar refractivity (Wildman–Crippen MR) is 178 cm³/mol. The normalized spacial score (nSPS) is 19.2. The highest BCUT2D eigenvalue weighted by Gasteiger charge is 2.45. The number of thiazole rings is 1. The Bertz CT molecular complexity index is 1870. The van der Waals surface area contributed by atoms with Gasteiger partial charge in [-0.3, -0.25) is 19.4 Å². The van der Waals surface area contributed by atoms with Crippen LogP contribution in [0.4, 0.5) is 11.4 Å². The molecule has 3 aliphatic heterocycles. The van der Waals surface area contributed by atoms with Crippen molar-refractivity contribution in [2.45, 2.75) is 64.4 Å². The number of aliphatic hydroxyl groups excluding tert-OH is 1. The molecule has 1 aromatic heterocycles. The lowest BCUT2D eigenvalue weighted by Gasteiger charge is -2.35. The molecule has 0 bridgehead atoms. The second kappa shape index (κ2) is 12.8. The first kappa shape index (κ1) is 30.9. The summed E-state index contributed by atoms with van der Waals surface area (Å²) < 4.78 is 0. The fourth-order valence-corrected chi connectivity index (χ4v) is 7.70. The molecule has 47 heavy (non-hydrogen) atoms. The van der Waals surface area contributed by atoms with Gasteiger partial charge in [-0.15, -0.1) is 16.5 Å². The monoisotopic (exact) mass is 648 g/mol. The molecule has 7 rings (SSSR count). The highest BCUT2D eigenvalue weighted by atomic mass is 32.1. The van der Waals surface area contributed by atoms with Crippen molar-refractivity contribution in [3.05, 3.63) is 100 Å². The number of fused-ring (bicyclic) bond motifs is 3. The SMILES string of the molecule is CC(C)[C@@H](C(=O)N1C[C@H](O)C[C@H]1C(=O)NCc1ccc(-c2cncs2)c2c1N=Nc1ccccc1CC2)N1Cc2ccccc2C1=O. The molecule has 3 amide bonds. The van der Waals surface area contributed by atoms with Crippen LogP contribution in [-0.2, 0) is 35.5 Å². The minimum atomic E-state index is -0.870. The zero-order valence-electron chi connectivity index (χ0n) is 26.3. The van der Waals surface area contributed by atoms with Crippen LogP contribution < -0.4 is 5.32 Å². The maximum Gasteiger partial charge on any atom is 0.255 e. The number of amides is 3. The summed E-state index contributed by atoms with van der Waals surface area (Å²) in [6.07, 6.45) is 2.66. The standard InChI is InChI=1S/C36H36N6O4S/c1-21(2)33(42-18-24-8-3-5-9-26(24)35(42)45)36(46)41-19-25(43)15-30(41)34(44)38-16-23-12-13-27(31-17-37-20-47-31)28-14-11-22-7-4-6-10-29(22)39-40-32(23)28/h3-10,12-13,17,20-21,25,30,33,43H,11,14-16,18-19H2,1-2H3,(H,38,44)/t25-,30+,33+/m1/s1. The third-order valence-corrected chi connectivity index (χ3v) is 10.2. The van der Waals surface area contributed by atoms with E-state index >= 15 is 0 Å². The number of likely N-dealkylation sites (tertiary alicyclic amines) is 1. The summed E-state index contributed by atoms with van der Waals surface area (Å²) >= 11 is 1.56. The van der Waals surface area contributed by atoms with E-state index in [1.807, 2.05) is 68.6 Å². The Morgan fingerprint density at radius 2 is 1.79 bits per heavy atom. The molecule has 0 saturated carbocycles. The highest BCUT2D eigenvalue weighted by molar-refractivity contribution is 7.13. The Hall–Kier alpha value is -4.74. The maximum absolute atomic E-state index is 14.1. The molecule has 240 valence electrons. The van der Waals surface area contributed by atoms with Gasteiger partial charge in [-0.05, 0) is 58.7 Å². The summed E-state index contributed by atoms with van der Waals surface area (Å²) in [6.45, 7) is 4.33. The quantitative estimate of drug-likeness (QED) is 0.270. The number of aromatic nitrogens is 1. The van der Waals surface area contributed by atoms with E-state index in [-0.39, 0.29) is 43.1 Å². The zero-order chi connectivity index (χ0) is 32.7. The van der Waals surface area contributed by atoms with Gasteiger partial charge in [-0.2, -0.15) is 5.11 Å². The Morgan fingerprint density at radius 3 is 2.55 bits per heavy atom. The summed E-state index contributed by atoms with van der Waals surface area (Å²) in [4.78, 5) is 49.6. The number of hydrogen-bond acceptors (Lipinski definition) is 8. The van der Waals surface area contributed by atoms with Crippen molar-refractivity contribution >= 4 is 40.4 Å². The van der Waals surface area contributed by atoms with Gasteiger partial charge in [0.1, 0.15) is 12.1 Å². The van der Waals surface area contributed by atoms with Crippen molar-refractivity contribution in [3.63, 3.8) is 0 Å². The molecule has 3 atom stereocenters. The average Bonchev–Trinajstić information content (AvgIpc) is 3.81. The lowest BCUT2D eigenvalue weighted by molar-refractivity contribution is -0.143. The topological polar surface area (TPSA) is 128 Å². The molecule has 1 saturated heterocycles. The van der Waals surface area contributed by atoms with E-state index in [4.69, 9.17) is 5.11 Å². The molecule has 11 heteroatoms. The molecule has 10 nitrogen and oxygen atoms in total. The van der Waals surface area contributed by atoms with Crippen LogP contribution in [0.15, 0.2) is 82.6 Å². The predicted octanol–water partition coefficient (Wildman–Crippen LogP) is 5.58. The molecular weight excluding hydrogens is 613 g/mol. The average molecular weight is 649 g/mol. The number of carbonyl (C=O) groups excluding carboxylic acids is 3. The van der Waals surface area contributed by atoms with Gasteiger partial charge >= 0.3 is 0 Å². The fourth-order valence-electron chi connectivity index (χ4n) is 7.02. The van der Waals surface area contributed by atoms with Crippen LogP contribution >= 0.6 is 11.3 Å². The largest absolute Gasteiger partial charge is 0.391 e. The van der Waals surface area contributed by atoms with Gasteiger partial charge < -0.3 is 20.2 Å². The molecule has 3 aliphatic rings. The third kappa shape index (κ3) is 5.85. The molecule has 0 spiro atoms. The van der Waals surface area contributed by atoms with E-state index in [1.54, 1.807) is 27.8 Å². The maximum atomic E-state index is 14.1. The van der Waals surface area contributed by atoms with Crippen molar-refractivity contribution in [1.82, 2.24) is 20.1 Å². The lowest BCUT2D eigenvalue weighted by Crippen LogP contribution is -2.55. The molecule has 3 aromatic carbocycles. The highest BCUT2D eigenvalue weighted by Crippen LogP contribution is 2.40. The van der Waals surface area contributed by atoms with E-state index in [0.717, 1.165) is 56.9 Å². The summed E-state index contributed by atoms with van der Waals surface area (Å²) in [6, 6.07) is 17.7. The van der Waals surface area contributed by atoms with Gasteiger partial charge in [0.25, 0.3) is 5.91 Å². The van der Waals surface area contributed by atoms with Crippen LogP contribution in [0.5, 0.6) is 0 Å². The number of aliphatic hydroxyl groups is 1. The first-order valence-electron chi connectivity index (χ1n) is 16.0. The van der Waals surface area contributed by atoms with Gasteiger partial charge in [0.15, 0.2) is 0 Å².